The molecule has 0 aromatic heterocycles. The Kier molecular flexibility index (Phi) is 7.23. The van der Waals surface area contributed by atoms with Gasteiger partial charge in [0.25, 0.3) is 0 Å². The van der Waals surface area contributed by atoms with E-state index >= 15 is 0 Å². The number of ketones is 1. The number of rotatable bonds is 9. The Morgan fingerprint density at radius 2 is 1.60 bits per heavy atom. The van der Waals surface area contributed by atoms with Gasteiger partial charge >= 0.3 is 0 Å². The predicted octanol–water partition coefficient (Wildman–Crippen LogP) is 4.40. The van der Waals surface area contributed by atoms with Gasteiger partial charge in [-0.25, -0.2) is 0 Å². The molecule has 0 atom stereocenters. The maximum atomic E-state index is 12.2. The van der Waals surface area contributed by atoms with Gasteiger partial charge in [-0.3, -0.25) is 4.79 Å². The lowest BCUT2D eigenvalue weighted by Gasteiger charge is -2.09. The van der Waals surface area contributed by atoms with Crippen molar-refractivity contribution in [2.24, 2.45) is 0 Å². The summed E-state index contributed by atoms with van der Waals surface area (Å²) in [5, 5.41) is 0. The summed E-state index contributed by atoms with van der Waals surface area (Å²) < 4.78 is 16.0. The Hall–Kier alpha value is -2.59. The van der Waals surface area contributed by atoms with Crippen molar-refractivity contribution >= 4 is 11.9 Å². The van der Waals surface area contributed by atoms with Crippen LogP contribution in [0, 0.1) is 0 Å². The van der Waals surface area contributed by atoms with E-state index in [-0.39, 0.29) is 11.9 Å². The van der Waals surface area contributed by atoms with E-state index in [4.69, 9.17) is 14.2 Å². The monoisotopic (exact) mass is 340 g/mol. The molecular formula is C21H24O4. The van der Waals surface area contributed by atoms with Gasteiger partial charge < -0.3 is 14.2 Å². The lowest BCUT2D eigenvalue weighted by atomic mass is 10.1. The largest absolute Gasteiger partial charge is 0.491 e. The van der Waals surface area contributed by atoms with Gasteiger partial charge in [0.1, 0.15) is 18.1 Å². The van der Waals surface area contributed by atoms with Gasteiger partial charge in [0.15, 0.2) is 5.78 Å². The van der Waals surface area contributed by atoms with Gasteiger partial charge in [-0.05, 0) is 61.9 Å². The van der Waals surface area contributed by atoms with E-state index in [1.165, 1.54) is 0 Å². The Morgan fingerprint density at radius 3 is 2.20 bits per heavy atom. The second-order valence-corrected chi connectivity index (χ2v) is 5.80. The zero-order valence-electron chi connectivity index (χ0n) is 14.9. The quantitative estimate of drug-likeness (QED) is 0.386. The van der Waals surface area contributed by atoms with Crippen molar-refractivity contribution in [2.75, 3.05) is 20.3 Å². The number of benzene rings is 2. The zero-order chi connectivity index (χ0) is 18.1. The first-order chi connectivity index (χ1) is 12.1. The predicted molar refractivity (Wildman–Crippen MR) is 99.4 cm³/mol. The van der Waals surface area contributed by atoms with Crippen molar-refractivity contribution in [1.29, 1.82) is 0 Å². The van der Waals surface area contributed by atoms with Crippen LogP contribution in [-0.2, 0) is 4.74 Å². The molecule has 0 saturated heterocycles. The average Bonchev–Trinajstić information content (AvgIpc) is 2.61. The Balaban J connectivity index is 1.93. The van der Waals surface area contributed by atoms with Crippen LogP contribution in [0.15, 0.2) is 54.6 Å². The average molecular weight is 340 g/mol. The molecule has 2 aromatic rings. The summed E-state index contributed by atoms with van der Waals surface area (Å²) in [6, 6.07) is 14.7. The van der Waals surface area contributed by atoms with Gasteiger partial charge in [-0.1, -0.05) is 18.2 Å². The van der Waals surface area contributed by atoms with Crippen LogP contribution in [0.25, 0.3) is 6.08 Å². The van der Waals surface area contributed by atoms with Crippen LogP contribution in [0.4, 0.5) is 0 Å². The summed E-state index contributed by atoms with van der Waals surface area (Å²) >= 11 is 0. The maximum Gasteiger partial charge on any atom is 0.185 e. The first kappa shape index (κ1) is 18.7. The van der Waals surface area contributed by atoms with Gasteiger partial charge in [0.2, 0.25) is 0 Å². The summed E-state index contributed by atoms with van der Waals surface area (Å²) in [4.78, 5) is 12.2. The highest BCUT2D eigenvalue weighted by molar-refractivity contribution is 6.06. The van der Waals surface area contributed by atoms with Crippen LogP contribution in [0.2, 0.25) is 0 Å². The molecule has 0 saturated carbocycles. The molecule has 0 heterocycles. The fourth-order valence-electron chi connectivity index (χ4n) is 2.16. The van der Waals surface area contributed by atoms with Crippen LogP contribution >= 0.6 is 0 Å². The summed E-state index contributed by atoms with van der Waals surface area (Å²) in [5.41, 5.74) is 1.57. The van der Waals surface area contributed by atoms with Gasteiger partial charge in [-0.2, -0.15) is 0 Å². The third kappa shape index (κ3) is 6.43. The van der Waals surface area contributed by atoms with Gasteiger partial charge in [0, 0.05) is 12.7 Å². The van der Waals surface area contributed by atoms with Crippen molar-refractivity contribution in [1.82, 2.24) is 0 Å². The summed E-state index contributed by atoms with van der Waals surface area (Å²) in [5.74, 6) is 1.49. The third-order valence-corrected chi connectivity index (χ3v) is 3.37. The summed E-state index contributed by atoms with van der Waals surface area (Å²) in [6.07, 6.45) is 3.51. The number of carbonyl (C=O) groups excluding carboxylic acids is 1. The van der Waals surface area contributed by atoms with Crippen molar-refractivity contribution in [3.63, 3.8) is 0 Å². The summed E-state index contributed by atoms with van der Waals surface area (Å²) in [6.45, 7) is 4.99. The molecule has 0 aliphatic heterocycles. The van der Waals surface area contributed by atoms with E-state index in [1.54, 1.807) is 43.5 Å². The standard InChI is InChI=1S/C21H24O4/c1-16(2)25-20-9-4-17(5-10-20)6-13-21(22)18-7-11-19(12-8-18)24-15-14-23-3/h4-13,16H,14-15H2,1-3H3/b13-6+. The van der Waals surface area contributed by atoms with Crippen molar-refractivity contribution in [3.05, 3.63) is 65.7 Å². The van der Waals surface area contributed by atoms with E-state index in [0.29, 0.717) is 18.8 Å². The van der Waals surface area contributed by atoms with Crippen molar-refractivity contribution < 1.29 is 19.0 Å². The molecule has 4 heteroatoms. The summed E-state index contributed by atoms with van der Waals surface area (Å²) in [7, 11) is 1.63. The van der Waals surface area contributed by atoms with E-state index < -0.39 is 0 Å². The lowest BCUT2D eigenvalue weighted by Crippen LogP contribution is -2.05. The minimum absolute atomic E-state index is 0.0500. The second-order valence-electron chi connectivity index (χ2n) is 5.80. The molecule has 0 unspecified atom stereocenters. The fraction of sp³-hybridized carbons (Fsp3) is 0.286. The molecule has 2 aromatic carbocycles. The highest BCUT2D eigenvalue weighted by Crippen LogP contribution is 2.16. The van der Waals surface area contributed by atoms with Crippen LogP contribution in [0.1, 0.15) is 29.8 Å². The molecule has 4 nitrogen and oxygen atoms in total. The first-order valence-electron chi connectivity index (χ1n) is 8.29. The number of ether oxygens (including phenoxy) is 3. The molecule has 132 valence electrons. The number of hydrogen-bond acceptors (Lipinski definition) is 4. The van der Waals surface area contributed by atoms with Gasteiger partial charge in [0.05, 0.1) is 12.7 Å². The maximum absolute atomic E-state index is 12.2. The smallest absolute Gasteiger partial charge is 0.185 e. The second kappa shape index (κ2) is 9.64. The van der Waals surface area contributed by atoms with Crippen LogP contribution in [-0.4, -0.2) is 32.2 Å². The van der Waals surface area contributed by atoms with E-state index in [0.717, 1.165) is 17.1 Å². The van der Waals surface area contributed by atoms with Crippen molar-refractivity contribution in [2.45, 2.75) is 20.0 Å². The fourth-order valence-corrected chi connectivity index (χ4v) is 2.16. The number of methoxy groups -OCH3 is 1. The lowest BCUT2D eigenvalue weighted by molar-refractivity contribution is 0.104. The Labute approximate surface area is 149 Å². The SMILES string of the molecule is COCCOc1ccc(C(=O)/C=C/c2ccc(OC(C)C)cc2)cc1. The minimum Gasteiger partial charge on any atom is -0.491 e. The van der Waals surface area contributed by atoms with Crippen LogP contribution in [0.5, 0.6) is 11.5 Å². The Bertz CT molecular complexity index is 685. The molecule has 0 fully saturated rings. The van der Waals surface area contributed by atoms with Crippen LogP contribution < -0.4 is 9.47 Å². The number of allylic oxidation sites excluding steroid dienone is 1. The van der Waals surface area contributed by atoms with E-state index in [2.05, 4.69) is 0 Å². The van der Waals surface area contributed by atoms with Gasteiger partial charge in [-0.15, -0.1) is 0 Å². The molecule has 0 amide bonds. The highest BCUT2D eigenvalue weighted by atomic mass is 16.5. The Morgan fingerprint density at radius 1 is 0.960 bits per heavy atom. The number of carbonyl (C=O) groups is 1. The molecule has 0 aliphatic carbocycles. The third-order valence-electron chi connectivity index (χ3n) is 3.37. The molecule has 25 heavy (non-hydrogen) atoms. The molecule has 0 N–H and O–H groups in total. The van der Waals surface area contributed by atoms with Crippen LogP contribution in [0.3, 0.4) is 0 Å². The molecule has 0 radical (unpaired) electrons. The van der Waals surface area contributed by atoms with E-state index in [1.807, 2.05) is 38.1 Å². The minimum atomic E-state index is -0.0500. The number of hydrogen-bond donors (Lipinski definition) is 0. The molecule has 0 spiro atoms. The molecule has 2 rings (SSSR count). The first-order valence-corrected chi connectivity index (χ1v) is 8.29. The molecule has 0 aliphatic rings. The highest BCUT2D eigenvalue weighted by Gasteiger charge is 2.03. The molecular weight excluding hydrogens is 316 g/mol. The normalized spacial score (nSPS) is 11.0. The van der Waals surface area contributed by atoms with Crippen molar-refractivity contribution in [3.8, 4) is 11.5 Å². The van der Waals surface area contributed by atoms with E-state index in [9.17, 15) is 4.79 Å². The topological polar surface area (TPSA) is 44.8 Å². The molecule has 0 bridgehead atoms. The zero-order valence-corrected chi connectivity index (χ0v) is 14.9.